The molecule has 1 amide bonds. The molecule has 0 atom stereocenters. The van der Waals surface area contributed by atoms with E-state index in [1.165, 1.54) is 12.3 Å². The summed E-state index contributed by atoms with van der Waals surface area (Å²) in [5, 5.41) is 2.72. The van der Waals surface area contributed by atoms with Crippen LogP contribution in [0.5, 0.6) is 0 Å². The number of hydrogen-bond acceptors (Lipinski definition) is 2. The average Bonchev–Trinajstić information content (AvgIpc) is 2.32. The summed E-state index contributed by atoms with van der Waals surface area (Å²) in [5.74, 6) is -0.402. The van der Waals surface area contributed by atoms with Crippen molar-refractivity contribution in [1.82, 2.24) is 4.98 Å². The van der Waals surface area contributed by atoms with E-state index in [4.69, 9.17) is 0 Å². The first-order chi connectivity index (χ1) is 8.58. The number of H-pyrrole nitrogens is 1. The van der Waals surface area contributed by atoms with Crippen LogP contribution in [0.2, 0.25) is 0 Å². The third-order valence-electron chi connectivity index (χ3n) is 2.42. The summed E-state index contributed by atoms with van der Waals surface area (Å²) >= 11 is 2.13. The summed E-state index contributed by atoms with van der Waals surface area (Å²) in [6, 6.07) is 8.80. The van der Waals surface area contributed by atoms with Crippen molar-refractivity contribution < 1.29 is 4.79 Å². The second-order valence-electron chi connectivity index (χ2n) is 3.83. The Hall–Kier alpha value is -1.63. The van der Waals surface area contributed by atoms with E-state index in [0.29, 0.717) is 5.69 Å². The topological polar surface area (TPSA) is 62.0 Å². The number of nitrogens with one attached hydrogen (secondary N) is 2. The Bertz CT molecular complexity index is 649. The quantitative estimate of drug-likeness (QED) is 0.815. The lowest BCUT2D eigenvalue weighted by Crippen LogP contribution is -2.21. The zero-order valence-corrected chi connectivity index (χ0v) is 11.8. The number of carbonyl (C=O) groups is 1. The first-order valence-electron chi connectivity index (χ1n) is 5.33. The zero-order valence-electron chi connectivity index (χ0n) is 9.66. The van der Waals surface area contributed by atoms with E-state index in [1.807, 2.05) is 18.2 Å². The summed E-state index contributed by atoms with van der Waals surface area (Å²) in [6.07, 6.45) is 1.43. The van der Waals surface area contributed by atoms with Crippen molar-refractivity contribution in [3.8, 4) is 0 Å². The van der Waals surface area contributed by atoms with Gasteiger partial charge in [0.25, 0.3) is 5.91 Å². The fourth-order valence-electron chi connectivity index (χ4n) is 1.50. The van der Waals surface area contributed by atoms with Gasteiger partial charge in [0.05, 0.1) is 5.69 Å². The lowest BCUT2D eigenvalue weighted by molar-refractivity contribution is 0.102. The molecule has 2 rings (SSSR count). The number of carbonyl (C=O) groups excluding carboxylic acids is 1. The van der Waals surface area contributed by atoms with Crippen molar-refractivity contribution in [3.63, 3.8) is 0 Å². The molecule has 0 aliphatic heterocycles. The van der Waals surface area contributed by atoms with Gasteiger partial charge in [0.15, 0.2) is 5.43 Å². The van der Waals surface area contributed by atoms with Gasteiger partial charge in [-0.25, -0.2) is 0 Å². The van der Waals surface area contributed by atoms with E-state index < -0.39 is 5.91 Å². The zero-order chi connectivity index (χ0) is 13.1. The smallest absolute Gasteiger partial charge is 0.261 e. The van der Waals surface area contributed by atoms with Gasteiger partial charge in [0, 0.05) is 21.5 Å². The van der Waals surface area contributed by atoms with Gasteiger partial charge in [-0.15, -0.1) is 0 Å². The Morgan fingerprint density at radius 3 is 2.72 bits per heavy atom. The fourth-order valence-corrected chi connectivity index (χ4v) is 2.03. The van der Waals surface area contributed by atoms with Crippen molar-refractivity contribution in [2.75, 3.05) is 5.32 Å². The lowest BCUT2D eigenvalue weighted by atomic mass is 10.2. The third kappa shape index (κ3) is 2.79. The maximum atomic E-state index is 12.0. The molecule has 0 fully saturated rings. The lowest BCUT2D eigenvalue weighted by Gasteiger charge is -2.06. The molecule has 18 heavy (non-hydrogen) atoms. The minimum Gasteiger partial charge on any atom is -0.364 e. The molecule has 92 valence electrons. The molecule has 0 spiro atoms. The highest BCUT2D eigenvalue weighted by Gasteiger charge is 2.11. The Kier molecular flexibility index (Phi) is 3.81. The molecule has 0 saturated heterocycles. The molecule has 0 aliphatic carbocycles. The summed E-state index contributed by atoms with van der Waals surface area (Å²) in [6.45, 7) is 1.77. The molecule has 1 heterocycles. The molecule has 2 aromatic rings. The Morgan fingerprint density at radius 2 is 2.06 bits per heavy atom. The molecule has 4 nitrogen and oxygen atoms in total. The van der Waals surface area contributed by atoms with Gasteiger partial charge in [0.1, 0.15) is 5.56 Å². The predicted octanol–water partition coefficient (Wildman–Crippen LogP) is 2.54. The largest absolute Gasteiger partial charge is 0.364 e. The number of hydrogen-bond donors (Lipinski definition) is 2. The van der Waals surface area contributed by atoms with Crippen molar-refractivity contribution in [2.24, 2.45) is 0 Å². The fraction of sp³-hybridized carbons (Fsp3) is 0.0769. The number of anilines is 1. The molecule has 1 aromatic carbocycles. The molecule has 2 N–H and O–H groups in total. The predicted molar refractivity (Wildman–Crippen MR) is 78.9 cm³/mol. The van der Waals surface area contributed by atoms with Crippen LogP contribution in [0.3, 0.4) is 0 Å². The van der Waals surface area contributed by atoms with E-state index in [0.717, 1.165) is 9.26 Å². The Balaban J connectivity index is 2.28. The Morgan fingerprint density at radius 1 is 1.33 bits per heavy atom. The summed E-state index contributed by atoms with van der Waals surface area (Å²) in [7, 11) is 0. The number of para-hydroxylation sites is 1. The second-order valence-corrected chi connectivity index (χ2v) is 4.99. The molecular weight excluding hydrogens is 343 g/mol. The number of aromatic amines is 1. The van der Waals surface area contributed by atoms with Crippen LogP contribution in [0.1, 0.15) is 16.1 Å². The van der Waals surface area contributed by atoms with E-state index >= 15 is 0 Å². The first kappa shape index (κ1) is 12.8. The van der Waals surface area contributed by atoms with Crippen LogP contribution in [-0.2, 0) is 0 Å². The molecule has 0 unspecified atom stereocenters. The molecule has 0 saturated carbocycles. The first-order valence-corrected chi connectivity index (χ1v) is 6.41. The van der Waals surface area contributed by atoms with Crippen LogP contribution in [-0.4, -0.2) is 10.9 Å². The maximum absolute atomic E-state index is 12.0. The Labute approximate surface area is 118 Å². The number of aryl methyl sites for hydroxylation is 1. The molecule has 0 radical (unpaired) electrons. The van der Waals surface area contributed by atoms with Crippen LogP contribution in [0.15, 0.2) is 41.3 Å². The molecule has 5 heteroatoms. The maximum Gasteiger partial charge on any atom is 0.261 e. The van der Waals surface area contributed by atoms with Crippen molar-refractivity contribution in [3.05, 3.63) is 61.6 Å². The van der Waals surface area contributed by atoms with Gasteiger partial charge < -0.3 is 10.3 Å². The standard InChI is InChI=1S/C13H11IN2O2/c1-8-6-12(17)9(7-15-8)13(18)16-11-5-3-2-4-10(11)14/h2-7H,1H3,(H,15,17)(H,16,18). The van der Waals surface area contributed by atoms with Crippen LogP contribution >= 0.6 is 22.6 Å². The monoisotopic (exact) mass is 354 g/mol. The number of halogens is 1. The average molecular weight is 354 g/mol. The molecular formula is C13H11IN2O2. The van der Waals surface area contributed by atoms with Gasteiger partial charge in [-0.1, -0.05) is 12.1 Å². The number of benzene rings is 1. The normalized spacial score (nSPS) is 10.1. The van der Waals surface area contributed by atoms with Gasteiger partial charge in [0.2, 0.25) is 0 Å². The van der Waals surface area contributed by atoms with Crippen molar-refractivity contribution in [2.45, 2.75) is 6.92 Å². The summed E-state index contributed by atoms with van der Waals surface area (Å²) < 4.78 is 0.923. The third-order valence-corrected chi connectivity index (χ3v) is 3.36. The van der Waals surface area contributed by atoms with E-state index in [1.54, 1.807) is 13.0 Å². The minimum absolute atomic E-state index is 0.111. The number of rotatable bonds is 2. The van der Waals surface area contributed by atoms with E-state index in [-0.39, 0.29) is 11.0 Å². The summed E-state index contributed by atoms with van der Waals surface area (Å²) in [4.78, 5) is 26.5. The van der Waals surface area contributed by atoms with Crippen LogP contribution in [0.4, 0.5) is 5.69 Å². The highest BCUT2D eigenvalue weighted by Crippen LogP contribution is 2.17. The van der Waals surface area contributed by atoms with Gasteiger partial charge in [-0.3, -0.25) is 9.59 Å². The second kappa shape index (κ2) is 5.34. The van der Waals surface area contributed by atoms with E-state index in [9.17, 15) is 9.59 Å². The summed E-state index contributed by atoms with van der Waals surface area (Å²) in [5.41, 5.74) is 1.25. The SMILES string of the molecule is Cc1cc(=O)c(C(=O)Nc2ccccc2I)c[nH]1. The van der Waals surface area contributed by atoms with Crippen LogP contribution < -0.4 is 10.7 Å². The number of pyridine rings is 1. The van der Waals surface area contributed by atoms with Gasteiger partial charge in [-0.2, -0.15) is 0 Å². The number of amides is 1. The molecule has 0 aliphatic rings. The van der Waals surface area contributed by atoms with Gasteiger partial charge in [-0.05, 0) is 41.6 Å². The van der Waals surface area contributed by atoms with Crippen molar-refractivity contribution in [1.29, 1.82) is 0 Å². The minimum atomic E-state index is -0.402. The highest BCUT2D eigenvalue weighted by molar-refractivity contribution is 14.1. The highest BCUT2D eigenvalue weighted by atomic mass is 127. The van der Waals surface area contributed by atoms with Gasteiger partial charge >= 0.3 is 0 Å². The van der Waals surface area contributed by atoms with Crippen LogP contribution in [0.25, 0.3) is 0 Å². The molecule has 0 bridgehead atoms. The van der Waals surface area contributed by atoms with Crippen molar-refractivity contribution >= 4 is 34.2 Å². The number of aromatic nitrogens is 1. The van der Waals surface area contributed by atoms with E-state index in [2.05, 4.69) is 32.9 Å². The molecule has 1 aromatic heterocycles. The van der Waals surface area contributed by atoms with Crippen LogP contribution in [0, 0.1) is 10.5 Å².